The third-order valence-electron chi connectivity index (χ3n) is 3.03. The highest BCUT2D eigenvalue weighted by Gasteiger charge is 2.17. The molecule has 0 aliphatic carbocycles. The SMILES string of the molecule is CCC(C)NC(=O)C(C)N[C@H](C)c1ccccn1. The second-order valence-electron chi connectivity index (χ2n) is 4.68. The van der Waals surface area contributed by atoms with Gasteiger partial charge in [0.25, 0.3) is 0 Å². The number of amides is 1. The molecule has 4 heteroatoms. The topological polar surface area (TPSA) is 54.0 Å². The fraction of sp³-hybridized carbons (Fsp3) is 0.571. The first-order chi connectivity index (χ1) is 8.54. The van der Waals surface area contributed by atoms with Gasteiger partial charge in [0.15, 0.2) is 0 Å². The van der Waals surface area contributed by atoms with Crippen LogP contribution in [0.5, 0.6) is 0 Å². The van der Waals surface area contributed by atoms with E-state index in [1.807, 2.05) is 39.0 Å². The molecular weight excluding hydrogens is 226 g/mol. The van der Waals surface area contributed by atoms with Crippen molar-refractivity contribution in [2.75, 3.05) is 0 Å². The molecule has 1 rings (SSSR count). The Kier molecular flexibility index (Phi) is 5.78. The van der Waals surface area contributed by atoms with E-state index in [0.29, 0.717) is 0 Å². The van der Waals surface area contributed by atoms with Crippen molar-refractivity contribution < 1.29 is 4.79 Å². The van der Waals surface area contributed by atoms with Crippen molar-refractivity contribution in [3.8, 4) is 0 Å². The van der Waals surface area contributed by atoms with Crippen LogP contribution >= 0.6 is 0 Å². The van der Waals surface area contributed by atoms with Gasteiger partial charge < -0.3 is 5.32 Å². The van der Waals surface area contributed by atoms with Gasteiger partial charge in [0.1, 0.15) is 0 Å². The molecule has 2 unspecified atom stereocenters. The summed E-state index contributed by atoms with van der Waals surface area (Å²) >= 11 is 0. The van der Waals surface area contributed by atoms with Crippen molar-refractivity contribution in [1.82, 2.24) is 15.6 Å². The molecule has 0 aliphatic rings. The molecule has 1 aromatic rings. The number of nitrogens with zero attached hydrogens (tertiary/aromatic N) is 1. The fourth-order valence-corrected chi connectivity index (χ4v) is 1.64. The van der Waals surface area contributed by atoms with Gasteiger partial charge in [0.2, 0.25) is 5.91 Å². The Morgan fingerprint density at radius 3 is 2.61 bits per heavy atom. The number of carbonyl (C=O) groups excluding carboxylic acids is 1. The first-order valence-corrected chi connectivity index (χ1v) is 6.52. The lowest BCUT2D eigenvalue weighted by atomic mass is 10.1. The Labute approximate surface area is 109 Å². The minimum Gasteiger partial charge on any atom is -0.352 e. The van der Waals surface area contributed by atoms with Crippen molar-refractivity contribution >= 4 is 5.91 Å². The van der Waals surface area contributed by atoms with Crippen molar-refractivity contribution in [3.63, 3.8) is 0 Å². The van der Waals surface area contributed by atoms with Gasteiger partial charge in [-0.1, -0.05) is 13.0 Å². The van der Waals surface area contributed by atoms with Crippen LogP contribution in [0.1, 0.15) is 45.9 Å². The largest absolute Gasteiger partial charge is 0.352 e. The van der Waals surface area contributed by atoms with Gasteiger partial charge in [-0.15, -0.1) is 0 Å². The van der Waals surface area contributed by atoms with Gasteiger partial charge in [-0.2, -0.15) is 0 Å². The third kappa shape index (κ3) is 4.45. The average molecular weight is 249 g/mol. The molecule has 0 fully saturated rings. The van der Waals surface area contributed by atoms with Crippen LogP contribution in [0.15, 0.2) is 24.4 Å². The summed E-state index contributed by atoms with van der Waals surface area (Å²) in [6.07, 6.45) is 2.70. The molecule has 0 bridgehead atoms. The summed E-state index contributed by atoms with van der Waals surface area (Å²) in [5.74, 6) is 0.0344. The first-order valence-electron chi connectivity index (χ1n) is 6.52. The Morgan fingerprint density at radius 1 is 1.33 bits per heavy atom. The minimum atomic E-state index is -0.226. The lowest BCUT2D eigenvalue weighted by Gasteiger charge is -2.21. The molecule has 1 aromatic heterocycles. The number of nitrogens with one attached hydrogen (secondary N) is 2. The predicted octanol–water partition coefficient (Wildman–Crippen LogP) is 2.04. The number of hydrogen-bond donors (Lipinski definition) is 2. The third-order valence-corrected chi connectivity index (χ3v) is 3.03. The van der Waals surface area contributed by atoms with E-state index in [2.05, 4.69) is 22.5 Å². The maximum Gasteiger partial charge on any atom is 0.237 e. The second-order valence-corrected chi connectivity index (χ2v) is 4.68. The van der Waals surface area contributed by atoms with E-state index in [1.54, 1.807) is 6.20 Å². The molecule has 0 radical (unpaired) electrons. The number of carbonyl (C=O) groups is 1. The number of hydrogen-bond acceptors (Lipinski definition) is 3. The second kappa shape index (κ2) is 7.11. The van der Waals surface area contributed by atoms with E-state index in [-0.39, 0.29) is 24.0 Å². The summed E-state index contributed by atoms with van der Waals surface area (Å²) in [6, 6.07) is 5.84. The highest BCUT2D eigenvalue weighted by Crippen LogP contribution is 2.08. The summed E-state index contributed by atoms with van der Waals surface area (Å²) in [5, 5.41) is 6.22. The summed E-state index contributed by atoms with van der Waals surface area (Å²) in [6.45, 7) is 7.94. The lowest BCUT2D eigenvalue weighted by Crippen LogP contribution is -2.46. The number of aromatic nitrogens is 1. The van der Waals surface area contributed by atoms with E-state index in [0.717, 1.165) is 12.1 Å². The molecule has 100 valence electrons. The van der Waals surface area contributed by atoms with Gasteiger partial charge in [-0.05, 0) is 39.3 Å². The Balaban J connectivity index is 2.49. The minimum absolute atomic E-state index is 0.0344. The summed E-state index contributed by atoms with van der Waals surface area (Å²) in [7, 11) is 0. The first kappa shape index (κ1) is 14.6. The normalized spacial score (nSPS) is 15.8. The van der Waals surface area contributed by atoms with Crippen LogP contribution < -0.4 is 10.6 Å². The van der Waals surface area contributed by atoms with Gasteiger partial charge >= 0.3 is 0 Å². The molecule has 3 atom stereocenters. The molecule has 4 nitrogen and oxygen atoms in total. The van der Waals surface area contributed by atoms with Crippen LogP contribution in [-0.2, 0) is 4.79 Å². The molecule has 0 spiro atoms. The van der Waals surface area contributed by atoms with Gasteiger partial charge in [0, 0.05) is 18.3 Å². The smallest absolute Gasteiger partial charge is 0.237 e. The highest BCUT2D eigenvalue weighted by atomic mass is 16.2. The van der Waals surface area contributed by atoms with Gasteiger partial charge in [-0.25, -0.2) is 0 Å². The maximum absolute atomic E-state index is 11.9. The molecule has 1 heterocycles. The van der Waals surface area contributed by atoms with E-state index >= 15 is 0 Å². The average Bonchev–Trinajstić information content (AvgIpc) is 2.39. The fourth-order valence-electron chi connectivity index (χ4n) is 1.64. The van der Waals surface area contributed by atoms with Crippen LogP contribution in [0.25, 0.3) is 0 Å². The van der Waals surface area contributed by atoms with E-state index in [9.17, 15) is 4.79 Å². The molecule has 18 heavy (non-hydrogen) atoms. The molecule has 0 saturated carbocycles. The van der Waals surface area contributed by atoms with Crippen molar-refractivity contribution in [1.29, 1.82) is 0 Å². The quantitative estimate of drug-likeness (QED) is 0.811. The van der Waals surface area contributed by atoms with Crippen LogP contribution in [0.4, 0.5) is 0 Å². The summed E-state index contributed by atoms with van der Waals surface area (Å²) in [4.78, 5) is 16.2. The summed E-state index contributed by atoms with van der Waals surface area (Å²) in [5.41, 5.74) is 0.945. The Morgan fingerprint density at radius 2 is 2.06 bits per heavy atom. The summed E-state index contributed by atoms with van der Waals surface area (Å²) < 4.78 is 0. The molecule has 2 N–H and O–H groups in total. The zero-order chi connectivity index (χ0) is 13.5. The molecule has 0 saturated heterocycles. The van der Waals surface area contributed by atoms with Crippen LogP contribution in [0, 0.1) is 0 Å². The van der Waals surface area contributed by atoms with E-state index in [4.69, 9.17) is 0 Å². The Hall–Kier alpha value is -1.42. The molecule has 0 aromatic carbocycles. The van der Waals surface area contributed by atoms with Crippen LogP contribution in [0.2, 0.25) is 0 Å². The van der Waals surface area contributed by atoms with Crippen LogP contribution in [-0.4, -0.2) is 23.0 Å². The zero-order valence-electron chi connectivity index (χ0n) is 11.6. The molecule has 0 aliphatic heterocycles. The van der Waals surface area contributed by atoms with Gasteiger partial charge in [-0.3, -0.25) is 15.1 Å². The predicted molar refractivity (Wildman–Crippen MR) is 73.1 cm³/mol. The molecule has 1 amide bonds. The highest BCUT2D eigenvalue weighted by molar-refractivity contribution is 5.81. The zero-order valence-corrected chi connectivity index (χ0v) is 11.6. The van der Waals surface area contributed by atoms with E-state index in [1.165, 1.54) is 0 Å². The van der Waals surface area contributed by atoms with Crippen molar-refractivity contribution in [2.45, 2.75) is 52.2 Å². The monoisotopic (exact) mass is 249 g/mol. The van der Waals surface area contributed by atoms with Crippen molar-refractivity contribution in [3.05, 3.63) is 30.1 Å². The Bertz CT molecular complexity index is 367. The van der Waals surface area contributed by atoms with E-state index < -0.39 is 0 Å². The lowest BCUT2D eigenvalue weighted by molar-refractivity contribution is -0.123. The van der Waals surface area contributed by atoms with Crippen molar-refractivity contribution in [2.24, 2.45) is 0 Å². The number of pyridine rings is 1. The molecular formula is C14H23N3O. The number of rotatable bonds is 6. The standard InChI is InChI=1S/C14H23N3O/c1-5-10(2)16-14(18)12(4)17-11(3)13-8-6-7-9-15-13/h6-12,17H,5H2,1-4H3,(H,16,18)/t10?,11-,12?/m1/s1. The van der Waals surface area contributed by atoms with Gasteiger partial charge in [0.05, 0.1) is 11.7 Å². The maximum atomic E-state index is 11.9. The van der Waals surface area contributed by atoms with Crippen LogP contribution in [0.3, 0.4) is 0 Å².